The van der Waals surface area contributed by atoms with E-state index in [-0.39, 0.29) is 36.4 Å². The topological polar surface area (TPSA) is 77.8 Å². The van der Waals surface area contributed by atoms with Crippen LogP contribution in [0, 0.1) is 6.92 Å². The highest BCUT2D eigenvalue weighted by atomic mass is 16.5. The molecule has 0 aliphatic heterocycles. The summed E-state index contributed by atoms with van der Waals surface area (Å²) in [7, 11) is 3.32. The third-order valence-electron chi connectivity index (χ3n) is 4.95. The van der Waals surface area contributed by atoms with Gasteiger partial charge in [0.25, 0.3) is 5.91 Å². The Morgan fingerprint density at radius 2 is 1.52 bits per heavy atom. The van der Waals surface area contributed by atoms with Gasteiger partial charge in [0.05, 0.1) is 18.8 Å². The Bertz CT molecular complexity index is 714. The first-order chi connectivity index (χ1) is 12.8. The fraction of sp³-hybridized carbons (Fsp3) is 0.650. The van der Waals surface area contributed by atoms with Crippen molar-refractivity contribution in [2.45, 2.75) is 58.9 Å². The molecule has 0 unspecified atom stereocenters. The third kappa shape index (κ3) is 4.17. The fourth-order valence-corrected chi connectivity index (χ4v) is 3.74. The lowest BCUT2D eigenvalue weighted by Crippen LogP contribution is -2.29. The van der Waals surface area contributed by atoms with Crippen molar-refractivity contribution in [1.29, 1.82) is 0 Å². The lowest BCUT2D eigenvalue weighted by molar-refractivity contribution is 0.0466. The van der Waals surface area contributed by atoms with Gasteiger partial charge in [-0.25, -0.2) is 9.59 Å². The molecule has 0 atom stereocenters. The summed E-state index contributed by atoms with van der Waals surface area (Å²) in [5, 5.41) is 0. The van der Waals surface area contributed by atoms with Gasteiger partial charge in [0.15, 0.2) is 0 Å². The van der Waals surface area contributed by atoms with Crippen LogP contribution >= 0.6 is 0 Å². The highest BCUT2D eigenvalue weighted by molar-refractivity contribution is 6.08. The minimum Gasteiger partial charge on any atom is -0.462 e. The predicted octanol–water partition coefficient (Wildman–Crippen LogP) is 3.36. The molecule has 1 amide bonds. The van der Waals surface area contributed by atoms with Crippen LogP contribution in [0.3, 0.4) is 0 Å². The zero-order valence-corrected chi connectivity index (χ0v) is 17.0. The number of rotatable bonds is 6. The number of hydrogen-bond acceptors (Lipinski definition) is 5. The number of nitrogens with zero attached hydrogens (tertiary/aromatic N) is 2. The van der Waals surface area contributed by atoms with Crippen LogP contribution < -0.4 is 0 Å². The Balaban J connectivity index is 2.77. The van der Waals surface area contributed by atoms with Gasteiger partial charge < -0.3 is 18.9 Å². The van der Waals surface area contributed by atoms with Crippen LogP contribution in [-0.4, -0.2) is 54.6 Å². The number of esters is 2. The maximum Gasteiger partial charge on any atom is 0.355 e. The number of aromatic nitrogens is 1. The lowest BCUT2D eigenvalue weighted by Gasteiger charge is -2.27. The molecule has 1 saturated carbocycles. The Labute approximate surface area is 160 Å². The molecule has 1 aromatic rings. The standard InChI is InChI=1S/C20H30N2O5/c1-6-26-19(24)15-13(3)16(18(23)21(4)5)22(14-11-9-8-10-12-14)17(15)20(25)27-7-2/h14H,6-12H2,1-5H3. The molecule has 0 aromatic carbocycles. The van der Waals surface area contributed by atoms with Crippen molar-refractivity contribution >= 4 is 17.8 Å². The minimum atomic E-state index is -0.597. The van der Waals surface area contributed by atoms with E-state index >= 15 is 0 Å². The van der Waals surface area contributed by atoms with Gasteiger partial charge >= 0.3 is 11.9 Å². The van der Waals surface area contributed by atoms with Crippen molar-refractivity contribution in [2.75, 3.05) is 27.3 Å². The molecule has 1 aliphatic carbocycles. The Morgan fingerprint density at radius 1 is 0.963 bits per heavy atom. The molecule has 1 heterocycles. The number of ether oxygens (including phenoxy) is 2. The van der Waals surface area contributed by atoms with Gasteiger partial charge in [-0.15, -0.1) is 0 Å². The first-order valence-electron chi connectivity index (χ1n) is 9.65. The summed E-state index contributed by atoms with van der Waals surface area (Å²) in [6.45, 7) is 5.50. The van der Waals surface area contributed by atoms with Gasteiger partial charge in [-0.3, -0.25) is 4.79 Å². The van der Waals surface area contributed by atoms with Crippen molar-refractivity contribution in [3.8, 4) is 0 Å². The van der Waals surface area contributed by atoms with Crippen LogP contribution in [0.2, 0.25) is 0 Å². The SMILES string of the molecule is CCOC(=O)c1c(C)c(C(=O)N(C)C)n(C2CCCCC2)c1C(=O)OCC. The van der Waals surface area contributed by atoms with Crippen LogP contribution in [0.4, 0.5) is 0 Å². The van der Waals surface area contributed by atoms with Crippen LogP contribution in [0.5, 0.6) is 0 Å². The molecule has 27 heavy (non-hydrogen) atoms. The predicted molar refractivity (Wildman–Crippen MR) is 101 cm³/mol. The van der Waals surface area contributed by atoms with Gasteiger partial charge in [-0.05, 0) is 39.2 Å². The number of carbonyl (C=O) groups excluding carboxylic acids is 3. The van der Waals surface area contributed by atoms with E-state index in [0.717, 1.165) is 32.1 Å². The molecule has 0 bridgehead atoms. The van der Waals surface area contributed by atoms with Gasteiger partial charge in [-0.1, -0.05) is 19.3 Å². The zero-order valence-electron chi connectivity index (χ0n) is 17.0. The summed E-state index contributed by atoms with van der Waals surface area (Å²) in [4.78, 5) is 39.9. The second-order valence-electron chi connectivity index (χ2n) is 7.00. The summed E-state index contributed by atoms with van der Waals surface area (Å²) in [6, 6.07) is -0.0149. The molecule has 1 fully saturated rings. The molecular formula is C20H30N2O5. The maximum atomic E-state index is 13.0. The average Bonchev–Trinajstić information content (AvgIpc) is 2.95. The monoisotopic (exact) mass is 378 g/mol. The Hall–Kier alpha value is -2.31. The maximum absolute atomic E-state index is 13.0. The van der Waals surface area contributed by atoms with E-state index in [1.807, 2.05) is 0 Å². The third-order valence-corrected chi connectivity index (χ3v) is 4.95. The second-order valence-corrected chi connectivity index (χ2v) is 7.00. The van der Waals surface area contributed by atoms with Crippen LogP contribution in [0.15, 0.2) is 0 Å². The highest BCUT2D eigenvalue weighted by Crippen LogP contribution is 2.36. The second kappa shape index (κ2) is 9.06. The van der Waals surface area contributed by atoms with E-state index in [9.17, 15) is 14.4 Å². The summed E-state index contributed by atoms with van der Waals surface area (Å²) in [5.74, 6) is -1.42. The van der Waals surface area contributed by atoms with E-state index in [1.54, 1.807) is 39.4 Å². The summed E-state index contributed by atoms with van der Waals surface area (Å²) in [5.41, 5.74) is 1.13. The van der Waals surface area contributed by atoms with Gasteiger partial charge in [-0.2, -0.15) is 0 Å². The normalized spacial score (nSPS) is 14.7. The molecule has 7 nitrogen and oxygen atoms in total. The molecular weight excluding hydrogens is 348 g/mol. The minimum absolute atomic E-state index is 0.0149. The first kappa shape index (κ1) is 21.0. The van der Waals surface area contributed by atoms with Gasteiger partial charge in [0.1, 0.15) is 11.4 Å². The van der Waals surface area contributed by atoms with Gasteiger partial charge in [0, 0.05) is 20.1 Å². The Kier molecular flexibility index (Phi) is 7.05. The molecule has 7 heteroatoms. The highest BCUT2D eigenvalue weighted by Gasteiger charge is 2.36. The van der Waals surface area contributed by atoms with E-state index in [0.29, 0.717) is 11.3 Å². The van der Waals surface area contributed by atoms with E-state index in [4.69, 9.17) is 9.47 Å². The molecule has 0 saturated heterocycles. The summed E-state index contributed by atoms with van der Waals surface area (Å²) >= 11 is 0. The molecule has 1 aromatic heterocycles. The average molecular weight is 378 g/mol. The summed E-state index contributed by atoms with van der Waals surface area (Å²) in [6.07, 6.45) is 4.89. The molecule has 0 radical (unpaired) electrons. The quantitative estimate of drug-likeness (QED) is 0.709. The van der Waals surface area contributed by atoms with Crippen molar-refractivity contribution in [2.24, 2.45) is 0 Å². The van der Waals surface area contributed by atoms with Crippen LogP contribution in [-0.2, 0) is 9.47 Å². The van der Waals surface area contributed by atoms with Crippen LogP contribution in [0.25, 0.3) is 0 Å². The number of hydrogen-bond donors (Lipinski definition) is 0. The molecule has 1 aliphatic rings. The fourth-order valence-electron chi connectivity index (χ4n) is 3.74. The molecule has 150 valence electrons. The molecule has 0 N–H and O–H groups in total. The smallest absolute Gasteiger partial charge is 0.355 e. The van der Waals surface area contributed by atoms with E-state index < -0.39 is 11.9 Å². The Morgan fingerprint density at radius 3 is 2.04 bits per heavy atom. The molecule has 0 spiro atoms. The summed E-state index contributed by atoms with van der Waals surface area (Å²) < 4.78 is 12.2. The van der Waals surface area contributed by atoms with Crippen molar-refractivity contribution < 1.29 is 23.9 Å². The van der Waals surface area contributed by atoms with E-state index in [1.165, 1.54) is 4.90 Å². The van der Waals surface area contributed by atoms with Crippen LogP contribution in [0.1, 0.15) is 88.9 Å². The zero-order chi connectivity index (χ0) is 20.1. The van der Waals surface area contributed by atoms with Crippen molar-refractivity contribution in [1.82, 2.24) is 9.47 Å². The van der Waals surface area contributed by atoms with Crippen molar-refractivity contribution in [3.05, 3.63) is 22.5 Å². The van der Waals surface area contributed by atoms with Gasteiger partial charge in [0.2, 0.25) is 0 Å². The van der Waals surface area contributed by atoms with E-state index in [2.05, 4.69) is 0 Å². The van der Waals surface area contributed by atoms with Crippen molar-refractivity contribution in [3.63, 3.8) is 0 Å². The number of carbonyl (C=O) groups is 3. The number of amides is 1. The molecule has 2 rings (SSSR count). The first-order valence-corrected chi connectivity index (χ1v) is 9.65. The largest absolute Gasteiger partial charge is 0.462 e. The lowest BCUT2D eigenvalue weighted by atomic mass is 9.95.